The molecule has 1 aromatic carbocycles. The van der Waals surface area contributed by atoms with Crippen LogP contribution in [0, 0.1) is 12.7 Å². The van der Waals surface area contributed by atoms with Crippen LogP contribution in [0.2, 0.25) is 0 Å². The Bertz CT molecular complexity index is 1650. The first-order valence-corrected chi connectivity index (χ1v) is 10.3. The summed E-state index contributed by atoms with van der Waals surface area (Å²) in [5.74, 6) is -0.674. The topological polar surface area (TPSA) is 103 Å². The number of nitrogens with one attached hydrogen (secondary N) is 2. The zero-order valence-corrected chi connectivity index (χ0v) is 17.5. The summed E-state index contributed by atoms with van der Waals surface area (Å²) in [6, 6.07) is 11.6. The van der Waals surface area contributed by atoms with Gasteiger partial charge in [0.25, 0.3) is 0 Å². The second-order valence-electron chi connectivity index (χ2n) is 7.88. The Kier molecular flexibility index (Phi) is 4.19. The minimum atomic E-state index is -0.524. The minimum absolute atomic E-state index is 0.149. The number of fused-ring (bicyclic) bond motifs is 2. The van der Waals surface area contributed by atoms with Crippen molar-refractivity contribution in [3.05, 3.63) is 78.6 Å². The first-order valence-electron chi connectivity index (χ1n) is 10.3. The highest BCUT2D eigenvalue weighted by Gasteiger charge is 2.16. The Morgan fingerprint density at radius 3 is 2.61 bits per heavy atom. The van der Waals surface area contributed by atoms with Gasteiger partial charge in [0, 0.05) is 52.1 Å². The van der Waals surface area contributed by atoms with E-state index in [0.29, 0.717) is 11.3 Å². The van der Waals surface area contributed by atoms with Gasteiger partial charge in [-0.2, -0.15) is 5.10 Å². The Balaban J connectivity index is 1.52. The number of halogens is 1. The number of benzene rings is 1. The van der Waals surface area contributed by atoms with Gasteiger partial charge in [0.05, 0.1) is 28.8 Å². The van der Waals surface area contributed by atoms with E-state index in [0.717, 1.165) is 56.1 Å². The predicted molar refractivity (Wildman–Crippen MR) is 124 cm³/mol. The molecule has 160 valence electrons. The molecule has 5 heterocycles. The molecule has 0 saturated heterocycles. The lowest BCUT2D eigenvalue weighted by molar-refractivity contribution is 0.469. The number of pyridine rings is 3. The molecule has 0 atom stereocenters. The molecular weight excluding hydrogens is 419 g/mol. The van der Waals surface area contributed by atoms with Gasteiger partial charge in [-0.25, -0.2) is 4.39 Å². The van der Waals surface area contributed by atoms with Crippen LogP contribution in [0.4, 0.5) is 4.39 Å². The maximum absolute atomic E-state index is 13.9. The monoisotopic (exact) mass is 436 g/mol. The van der Waals surface area contributed by atoms with Crippen LogP contribution in [0.3, 0.4) is 0 Å². The molecular formula is C25H17FN6O. The normalized spacial score (nSPS) is 11.5. The Hall–Kier alpha value is -4.59. The lowest BCUT2D eigenvalue weighted by Gasteiger charge is -2.04. The highest BCUT2D eigenvalue weighted by Crippen LogP contribution is 2.35. The molecule has 0 saturated carbocycles. The van der Waals surface area contributed by atoms with E-state index in [1.807, 2.05) is 31.2 Å². The molecule has 0 aliphatic heterocycles. The van der Waals surface area contributed by atoms with Gasteiger partial charge in [-0.15, -0.1) is 0 Å². The van der Waals surface area contributed by atoms with E-state index in [2.05, 4.69) is 30.1 Å². The summed E-state index contributed by atoms with van der Waals surface area (Å²) in [7, 11) is 0. The number of aromatic nitrogens is 6. The minimum Gasteiger partial charge on any atom is -0.508 e. The van der Waals surface area contributed by atoms with Crippen LogP contribution in [-0.2, 0) is 0 Å². The molecule has 0 bridgehead atoms. The second kappa shape index (κ2) is 7.23. The number of rotatable bonds is 3. The van der Waals surface area contributed by atoms with E-state index in [1.165, 1.54) is 12.1 Å². The number of hydrogen-bond acceptors (Lipinski definition) is 5. The molecule has 0 fully saturated rings. The van der Waals surface area contributed by atoms with Crippen molar-refractivity contribution in [1.29, 1.82) is 0 Å². The van der Waals surface area contributed by atoms with Crippen molar-refractivity contribution in [2.24, 2.45) is 0 Å². The van der Waals surface area contributed by atoms with Crippen LogP contribution in [-0.4, -0.2) is 35.2 Å². The SMILES string of the molecule is Cc1ccncc1-c1cc2c(-c3cc4c(-c5cc(O)cc(F)c5)nccc4[nH]3)n[nH]c2cn1. The van der Waals surface area contributed by atoms with Crippen molar-refractivity contribution in [1.82, 2.24) is 30.1 Å². The van der Waals surface area contributed by atoms with Crippen LogP contribution >= 0.6 is 0 Å². The molecule has 0 amide bonds. The van der Waals surface area contributed by atoms with E-state index in [9.17, 15) is 9.50 Å². The van der Waals surface area contributed by atoms with Crippen LogP contribution in [0.1, 0.15) is 5.56 Å². The van der Waals surface area contributed by atoms with Crippen molar-refractivity contribution < 1.29 is 9.50 Å². The number of hydrogen-bond donors (Lipinski definition) is 3. The molecule has 7 nitrogen and oxygen atoms in total. The highest BCUT2D eigenvalue weighted by molar-refractivity contribution is 6.00. The van der Waals surface area contributed by atoms with Crippen LogP contribution in [0.25, 0.3) is 55.7 Å². The van der Waals surface area contributed by atoms with E-state index >= 15 is 0 Å². The van der Waals surface area contributed by atoms with Gasteiger partial charge >= 0.3 is 0 Å². The molecule has 5 aromatic heterocycles. The van der Waals surface area contributed by atoms with Crippen LogP contribution in [0.15, 0.2) is 67.3 Å². The molecule has 6 rings (SSSR count). The van der Waals surface area contributed by atoms with E-state index in [4.69, 9.17) is 0 Å². The van der Waals surface area contributed by atoms with E-state index < -0.39 is 5.82 Å². The van der Waals surface area contributed by atoms with Crippen molar-refractivity contribution in [2.45, 2.75) is 6.92 Å². The maximum atomic E-state index is 13.9. The third-order valence-electron chi connectivity index (χ3n) is 5.72. The Morgan fingerprint density at radius 1 is 0.879 bits per heavy atom. The molecule has 0 aliphatic carbocycles. The largest absolute Gasteiger partial charge is 0.508 e. The molecule has 0 aliphatic rings. The molecule has 3 N–H and O–H groups in total. The zero-order chi connectivity index (χ0) is 22.5. The molecule has 0 unspecified atom stereocenters. The number of nitrogens with zero attached hydrogens (tertiary/aromatic N) is 4. The average Bonchev–Trinajstić information content (AvgIpc) is 3.42. The fraction of sp³-hybridized carbons (Fsp3) is 0.0400. The molecule has 33 heavy (non-hydrogen) atoms. The second-order valence-corrected chi connectivity index (χ2v) is 7.88. The molecule has 6 aromatic rings. The molecule has 0 spiro atoms. The van der Waals surface area contributed by atoms with Gasteiger partial charge in [-0.05, 0) is 48.9 Å². The van der Waals surface area contributed by atoms with E-state index in [-0.39, 0.29) is 5.75 Å². The van der Waals surface area contributed by atoms with Crippen LogP contribution in [0.5, 0.6) is 5.75 Å². The third kappa shape index (κ3) is 3.20. The summed E-state index contributed by atoms with van der Waals surface area (Å²) in [5.41, 5.74) is 7.07. The quantitative estimate of drug-likeness (QED) is 0.345. The molecule has 0 radical (unpaired) electrons. The summed E-state index contributed by atoms with van der Waals surface area (Å²) in [6.45, 7) is 2.02. The number of H-pyrrole nitrogens is 2. The summed E-state index contributed by atoms with van der Waals surface area (Å²) >= 11 is 0. The maximum Gasteiger partial charge on any atom is 0.127 e. The fourth-order valence-corrected chi connectivity index (χ4v) is 4.12. The predicted octanol–water partition coefficient (Wildman–Crippen LogP) is 5.38. The number of aromatic hydroxyl groups is 1. The standard InChI is InChI=1S/C25H17FN6O/c1-13-2-4-27-11-19(13)21-9-18-23(12-29-21)31-32-25(18)22-10-17-20(30-22)3-5-28-24(17)14-6-15(26)8-16(33)7-14/h2-12,30,33H,1H3,(H,31,32). The van der Waals surface area contributed by atoms with Gasteiger partial charge in [0.15, 0.2) is 0 Å². The zero-order valence-electron chi connectivity index (χ0n) is 17.5. The van der Waals surface area contributed by atoms with Gasteiger partial charge in [-0.1, -0.05) is 0 Å². The van der Waals surface area contributed by atoms with Gasteiger partial charge in [0.2, 0.25) is 0 Å². The van der Waals surface area contributed by atoms with Crippen molar-refractivity contribution in [2.75, 3.05) is 0 Å². The van der Waals surface area contributed by atoms with E-state index in [1.54, 1.807) is 24.8 Å². The Labute approximate surface area is 187 Å². The lowest BCUT2D eigenvalue weighted by atomic mass is 10.1. The summed E-state index contributed by atoms with van der Waals surface area (Å²) in [6.07, 6.45) is 6.97. The van der Waals surface area contributed by atoms with Crippen molar-refractivity contribution in [3.63, 3.8) is 0 Å². The smallest absolute Gasteiger partial charge is 0.127 e. The van der Waals surface area contributed by atoms with Crippen molar-refractivity contribution in [3.8, 4) is 39.7 Å². The summed E-state index contributed by atoms with van der Waals surface area (Å²) in [4.78, 5) is 16.6. The average molecular weight is 436 g/mol. The lowest BCUT2D eigenvalue weighted by Crippen LogP contribution is -1.88. The number of phenolic OH excluding ortho intramolecular Hbond substituents is 1. The number of aryl methyl sites for hydroxylation is 1. The van der Waals surface area contributed by atoms with Gasteiger partial charge in [-0.3, -0.25) is 20.1 Å². The van der Waals surface area contributed by atoms with Gasteiger partial charge in [0.1, 0.15) is 17.3 Å². The summed E-state index contributed by atoms with van der Waals surface area (Å²) in [5, 5.41) is 19.1. The first kappa shape index (κ1) is 19.1. The number of aromatic amines is 2. The summed E-state index contributed by atoms with van der Waals surface area (Å²) < 4.78 is 13.9. The highest BCUT2D eigenvalue weighted by atomic mass is 19.1. The fourth-order valence-electron chi connectivity index (χ4n) is 4.12. The number of phenols is 1. The molecule has 8 heteroatoms. The third-order valence-corrected chi connectivity index (χ3v) is 5.72. The van der Waals surface area contributed by atoms with Crippen LogP contribution < -0.4 is 0 Å². The van der Waals surface area contributed by atoms with Crippen molar-refractivity contribution >= 4 is 21.8 Å². The van der Waals surface area contributed by atoms with Gasteiger partial charge < -0.3 is 10.1 Å². The first-order chi connectivity index (χ1) is 16.1. The Morgan fingerprint density at radius 2 is 1.76 bits per heavy atom.